The van der Waals surface area contributed by atoms with Gasteiger partial charge in [-0.25, -0.2) is 4.79 Å². The summed E-state index contributed by atoms with van der Waals surface area (Å²) in [7, 11) is 1.52. The van der Waals surface area contributed by atoms with E-state index in [1.807, 2.05) is 31.2 Å². The molecule has 0 bridgehead atoms. The minimum absolute atomic E-state index is 0.307. The van der Waals surface area contributed by atoms with Crippen LogP contribution in [0.15, 0.2) is 40.8 Å². The van der Waals surface area contributed by atoms with Crippen LogP contribution in [0.4, 0.5) is 5.69 Å². The van der Waals surface area contributed by atoms with Gasteiger partial charge in [-0.15, -0.1) is 5.10 Å². The fraction of sp³-hybridized carbons (Fsp3) is 0.200. The number of nitrogens with one attached hydrogen (secondary N) is 1. The van der Waals surface area contributed by atoms with E-state index in [2.05, 4.69) is 14.9 Å². The minimum atomic E-state index is -0.619. The first-order valence-electron chi connectivity index (χ1n) is 8.88. The van der Waals surface area contributed by atoms with Gasteiger partial charge in [0.1, 0.15) is 16.9 Å². The molecule has 0 aliphatic carbocycles. The first-order valence-corrected chi connectivity index (χ1v) is 9.65. The molecule has 0 unspecified atom stereocenters. The molecule has 0 aliphatic rings. The standard InChI is InChI=1S/C20H17N3O5S/c1-3-13-19(29-23-22-13)20(25)27-10-18(24)21-14-9-16-12(8-17(14)26-2)11-6-4-5-7-15(11)28-16/h4-9H,3,10H2,1-2H3,(H,21,24). The third kappa shape index (κ3) is 3.64. The van der Waals surface area contributed by atoms with E-state index < -0.39 is 18.5 Å². The van der Waals surface area contributed by atoms with E-state index in [9.17, 15) is 9.59 Å². The Balaban J connectivity index is 1.51. The highest BCUT2D eigenvalue weighted by Crippen LogP contribution is 2.36. The Bertz CT molecular complexity index is 1210. The van der Waals surface area contributed by atoms with Crippen molar-refractivity contribution in [1.82, 2.24) is 9.59 Å². The van der Waals surface area contributed by atoms with Gasteiger partial charge in [-0.3, -0.25) is 4.79 Å². The number of benzene rings is 2. The lowest BCUT2D eigenvalue weighted by Gasteiger charge is -2.10. The molecule has 2 heterocycles. The van der Waals surface area contributed by atoms with Crippen LogP contribution in [0, 0.1) is 0 Å². The summed E-state index contributed by atoms with van der Waals surface area (Å²) < 4.78 is 20.1. The second kappa shape index (κ2) is 7.88. The molecule has 4 aromatic rings. The zero-order valence-electron chi connectivity index (χ0n) is 15.7. The average Bonchev–Trinajstić information content (AvgIpc) is 3.35. The van der Waals surface area contributed by atoms with Gasteiger partial charge >= 0.3 is 5.97 Å². The summed E-state index contributed by atoms with van der Waals surface area (Å²) in [6, 6.07) is 11.1. The van der Waals surface area contributed by atoms with Crippen molar-refractivity contribution in [2.75, 3.05) is 19.0 Å². The highest BCUT2D eigenvalue weighted by Gasteiger charge is 2.19. The topological polar surface area (TPSA) is 104 Å². The molecule has 0 spiro atoms. The van der Waals surface area contributed by atoms with Gasteiger partial charge in [0.05, 0.1) is 18.5 Å². The lowest BCUT2D eigenvalue weighted by Crippen LogP contribution is -2.21. The Hall–Kier alpha value is -3.46. The van der Waals surface area contributed by atoms with Crippen LogP contribution in [0.1, 0.15) is 22.3 Å². The molecular formula is C20H17N3O5S. The number of nitrogens with zero attached hydrogens (tertiary/aromatic N) is 2. The van der Waals surface area contributed by atoms with Crippen molar-refractivity contribution in [3.8, 4) is 5.75 Å². The summed E-state index contributed by atoms with van der Waals surface area (Å²) in [6.07, 6.45) is 0.557. The number of furan rings is 1. The number of carbonyl (C=O) groups is 2. The Morgan fingerprint density at radius 3 is 2.79 bits per heavy atom. The molecule has 1 N–H and O–H groups in total. The molecule has 4 rings (SSSR count). The van der Waals surface area contributed by atoms with Crippen LogP contribution in [0.25, 0.3) is 21.9 Å². The molecule has 0 saturated heterocycles. The molecule has 29 heavy (non-hydrogen) atoms. The molecule has 0 fully saturated rings. The molecule has 2 aromatic heterocycles. The number of ether oxygens (including phenoxy) is 2. The maximum Gasteiger partial charge on any atom is 0.352 e. The number of hydrogen-bond acceptors (Lipinski definition) is 8. The lowest BCUT2D eigenvalue weighted by molar-refractivity contribution is -0.119. The number of para-hydroxylation sites is 1. The van der Waals surface area contributed by atoms with Crippen LogP contribution in [-0.4, -0.2) is 35.2 Å². The van der Waals surface area contributed by atoms with E-state index in [4.69, 9.17) is 13.9 Å². The van der Waals surface area contributed by atoms with Crippen molar-refractivity contribution in [3.05, 3.63) is 47.0 Å². The number of carbonyl (C=O) groups excluding carboxylic acids is 2. The molecule has 0 saturated carbocycles. The summed E-state index contributed by atoms with van der Waals surface area (Å²) in [4.78, 5) is 24.8. The minimum Gasteiger partial charge on any atom is -0.495 e. The van der Waals surface area contributed by atoms with Crippen molar-refractivity contribution >= 4 is 51.0 Å². The van der Waals surface area contributed by atoms with E-state index >= 15 is 0 Å². The van der Waals surface area contributed by atoms with E-state index in [0.29, 0.717) is 34.0 Å². The van der Waals surface area contributed by atoms with E-state index in [0.717, 1.165) is 27.9 Å². The molecule has 1 amide bonds. The van der Waals surface area contributed by atoms with Gasteiger partial charge in [-0.1, -0.05) is 29.6 Å². The fourth-order valence-corrected chi connectivity index (χ4v) is 3.64. The van der Waals surface area contributed by atoms with Gasteiger partial charge in [0.2, 0.25) is 0 Å². The van der Waals surface area contributed by atoms with Gasteiger partial charge in [0.15, 0.2) is 11.5 Å². The number of aryl methyl sites for hydroxylation is 1. The molecule has 2 aromatic carbocycles. The number of fused-ring (bicyclic) bond motifs is 3. The Labute approximate surface area is 169 Å². The Kier molecular flexibility index (Phi) is 5.13. The normalized spacial score (nSPS) is 11.0. The van der Waals surface area contributed by atoms with Gasteiger partial charge < -0.3 is 19.2 Å². The first kappa shape index (κ1) is 18.9. The highest BCUT2D eigenvalue weighted by molar-refractivity contribution is 7.07. The maximum absolute atomic E-state index is 12.3. The zero-order chi connectivity index (χ0) is 20.4. The maximum atomic E-state index is 12.3. The molecular weight excluding hydrogens is 394 g/mol. The number of methoxy groups -OCH3 is 1. The molecule has 0 atom stereocenters. The number of hydrogen-bond donors (Lipinski definition) is 1. The smallest absolute Gasteiger partial charge is 0.352 e. The summed E-state index contributed by atoms with van der Waals surface area (Å²) in [5, 5.41) is 8.40. The summed E-state index contributed by atoms with van der Waals surface area (Å²) >= 11 is 0.948. The van der Waals surface area contributed by atoms with Crippen molar-refractivity contribution < 1.29 is 23.5 Å². The molecule has 0 radical (unpaired) electrons. The predicted molar refractivity (Wildman–Crippen MR) is 108 cm³/mol. The Morgan fingerprint density at radius 1 is 1.17 bits per heavy atom. The third-order valence-corrected chi connectivity index (χ3v) is 5.13. The number of amides is 1. The van der Waals surface area contributed by atoms with Gasteiger partial charge in [-0.05, 0) is 30.1 Å². The monoisotopic (exact) mass is 411 g/mol. The highest BCUT2D eigenvalue weighted by atomic mass is 32.1. The largest absolute Gasteiger partial charge is 0.495 e. The van der Waals surface area contributed by atoms with Crippen LogP contribution in [0.5, 0.6) is 5.75 Å². The number of rotatable bonds is 6. The molecule has 8 nitrogen and oxygen atoms in total. The zero-order valence-corrected chi connectivity index (χ0v) is 16.5. The van der Waals surface area contributed by atoms with E-state index in [1.165, 1.54) is 7.11 Å². The first-order chi connectivity index (χ1) is 14.1. The molecule has 0 aliphatic heterocycles. The van der Waals surface area contributed by atoms with Crippen LogP contribution >= 0.6 is 11.5 Å². The van der Waals surface area contributed by atoms with Crippen molar-refractivity contribution in [3.63, 3.8) is 0 Å². The quantitative estimate of drug-likeness (QED) is 0.481. The van der Waals surface area contributed by atoms with Gasteiger partial charge in [0, 0.05) is 16.8 Å². The summed E-state index contributed by atoms with van der Waals surface area (Å²) in [5.74, 6) is -0.641. The molecule has 148 valence electrons. The van der Waals surface area contributed by atoms with Crippen molar-refractivity contribution in [2.24, 2.45) is 0 Å². The SMILES string of the molecule is CCc1nnsc1C(=O)OCC(=O)Nc1cc2oc3ccccc3c2cc1OC. The fourth-order valence-electron chi connectivity index (χ4n) is 3.00. The van der Waals surface area contributed by atoms with Gasteiger partial charge in [-0.2, -0.15) is 0 Å². The third-order valence-electron chi connectivity index (χ3n) is 4.38. The van der Waals surface area contributed by atoms with E-state index in [-0.39, 0.29) is 0 Å². The van der Waals surface area contributed by atoms with Crippen LogP contribution < -0.4 is 10.1 Å². The molecule has 9 heteroatoms. The summed E-state index contributed by atoms with van der Waals surface area (Å²) in [6.45, 7) is 1.42. The number of anilines is 1. The Morgan fingerprint density at radius 2 is 2.00 bits per heavy atom. The van der Waals surface area contributed by atoms with Crippen LogP contribution in [0.2, 0.25) is 0 Å². The van der Waals surface area contributed by atoms with Crippen molar-refractivity contribution in [1.29, 1.82) is 0 Å². The van der Waals surface area contributed by atoms with Gasteiger partial charge in [0.25, 0.3) is 5.91 Å². The van der Waals surface area contributed by atoms with Crippen LogP contribution in [0.3, 0.4) is 0 Å². The average molecular weight is 411 g/mol. The van der Waals surface area contributed by atoms with E-state index in [1.54, 1.807) is 12.1 Å². The second-order valence-corrected chi connectivity index (χ2v) is 6.93. The van der Waals surface area contributed by atoms with Crippen molar-refractivity contribution in [2.45, 2.75) is 13.3 Å². The lowest BCUT2D eigenvalue weighted by atomic mass is 10.1. The number of esters is 1. The summed E-state index contributed by atoms with van der Waals surface area (Å²) in [5.41, 5.74) is 2.33. The second-order valence-electron chi connectivity index (χ2n) is 6.17. The van der Waals surface area contributed by atoms with Crippen LogP contribution in [-0.2, 0) is 16.0 Å². The predicted octanol–water partition coefficient (Wildman–Crippen LogP) is 3.80. The number of aromatic nitrogens is 2.